The molecule has 0 fully saturated rings. The summed E-state index contributed by atoms with van der Waals surface area (Å²) >= 11 is 6.07. The van der Waals surface area contributed by atoms with Crippen LogP contribution < -0.4 is 0 Å². The van der Waals surface area contributed by atoms with Crippen LogP contribution in [-0.4, -0.2) is 16.6 Å². The normalized spacial score (nSPS) is 13.7. The summed E-state index contributed by atoms with van der Waals surface area (Å²) in [6, 6.07) is 1.83. The third kappa shape index (κ3) is 4.21. The van der Waals surface area contributed by atoms with E-state index in [0.717, 1.165) is 18.5 Å². The second-order valence-electron chi connectivity index (χ2n) is 5.49. The number of hydrogen-bond donors (Lipinski definition) is 0. The highest BCUT2D eigenvalue weighted by Crippen LogP contribution is 2.34. The molecule has 1 heterocycles. The quantitative estimate of drug-likeness (QED) is 0.752. The maximum atomic E-state index is 6.07. The molecule has 0 aliphatic rings. The number of hydrogen-bond acceptors (Lipinski definition) is 3. The van der Waals surface area contributed by atoms with Crippen molar-refractivity contribution in [2.24, 2.45) is 5.41 Å². The van der Waals surface area contributed by atoms with E-state index in [1.165, 1.54) is 0 Å². The summed E-state index contributed by atoms with van der Waals surface area (Å²) in [6.07, 6.45) is 1.83. The molecule has 0 amide bonds. The van der Waals surface area contributed by atoms with Crippen molar-refractivity contribution in [3.63, 3.8) is 0 Å². The molecule has 1 aromatic rings. The fraction of sp³-hybridized carbons (Fsp3) is 0.714. The van der Waals surface area contributed by atoms with Crippen LogP contribution in [0.5, 0.6) is 0 Å². The fourth-order valence-electron chi connectivity index (χ4n) is 1.86. The Hall–Kier alpha value is -0.670. The molecular weight excluding hydrogens is 248 g/mol. The van der Waals surface area contributed by atoms with Gasteiger partial charge >= 0.3 is 0 Å². The minimum Gasteiger partial charge on any atom is -0.370 e. The van der Waals surface area contributed by atoms with E-state index in [4.69, 9.17) is 16.3 Å². The van der Waals surface area contributed by atoms with Gasteiger partial charge in [0.2, 0.25) is 0 Å². The molecule has 0 saturated heterocycles. The molecular formula is C14H23ClN2O. The Morgan fingerprint density at radius 3 is 2.44 bits per heavy atom. The Labute approximate surface area is 115 Å². The Morgan fingerprint density at radius 1 is 1.28 bits per heavy atom. The first-order valence-corrected chi connectivity index (χ1v) is 6.91. The number of aryl methyl sites for hydroxylation is 1. The average Bonchev–Trinajstić information content (AvgIpc) is 2.23. The Kier molecular flexibility index (Phi) is 5.54. The van der Waals surface area contributed by atoms with E-state index in [1.807, 2.05) is 13.0 Å². The molecule has 0 bridgehead atoms. The van der Waals surface area contributed by atoms with Gasteiger partial charge in [-0.15, -0.1) is 0 Å². The first-order chi connectivity index (χ1) is 8.38. The summed E-state index contributed by atoms with van der Waals surface area (Å²) < 4.78 is 5.80. The Bertz CT molecular complexity index is 388. The number of aromatic nitrogens is 2. The van der Waals surface area contributed by atoms with Crippen molar-refractivity contribution in [2.45, 2.75) is 53.6 Å². The van der Waals surface area contributed by atoms with Crippen LogP contribution in [0.15, 0.2) is 6.07 Å². The van der Waals surface area contributed by atoms with Crippen molar-refractivity contribution in [2.75, 3.05) is 6.61 Å². The predicted molar refractivity (Wildman–Crippen MR) is 74.9 cm³/mol. The van der Waals surface area contributed by atoms with Crippen LogP contribution in [-0.2, 0) is 11.2 Å². The van der Waals surface area contributed by atoms with Crippen LogP contribution in [0.3, 0.4) is 0 Å². The van der Waals surface area contributed by atoms with Crippen molar-refractivity contribution in [1.29, 1.82) is 0 Å². The van der Waals surface area contributed by atoms with Gasteiger partial charge in [-0.3, -0.25) is 0 Å². The molecule has 0 N–H and O–H groups in total. The maximum Gasteiger partial charge on any atom is 0.159 e. The van der Waals surface area contributed by atoms with E-state index in [1.54, 1.807) is 0 Å². The standard InChI is InChI=1S/C14H23ClN2O/c1-6-8-10-9-11(15)17-13(16-10)12(18-7-2)14(3,4)5/h9,12H,6-8H2,1-5H3. The van der Waals surface area contributed by atoms with Gasteiger partial charge in [-0.2, -0.15) is 0 Å². The van der Waals surface area contributed by atoms with Gasteiger partial charge in [0, 0.05) is 12.3 Å². The molecule has 0 aliphatic heterocycles. The van der Waals surface area contributed by atoms with E-state index in [0.29, 0.717) is 17.6 Å². The highest BCUT2D eigenvalue weighted by Gasteiger charge is 2.29. The van der Waals surface area contributed by atoms with Crippen LogP contribution in [0.4, 0.5) is 0 Å². The molecule has 0 spiro atoms. The summed E-state index contributed by atoms with van der Waals surface area (Å²) in [5, 5.41) is 0.498. The number of rotatable bonds is 5. The molecule has 3 nitrogen and oxygen atoms in total. The van der Waals surface area contributed by atoms with Crippen LogP contribution in [0.1, 0.15) is 58.7 Å². The summed E-state index contributed by atoms with van der Waals surface area (Å²) in [5.74, 6) is 0.695. The van der Waals surface area contributed by atoms with Crippen molar-refractivity contribution < 1.29 is 4.74 Å². The second kappa shape index (κ2) is 6.48. The molecule has 1 atom stereocenters. The second-order valence-corrected chi connectivity index (χ2v) is 5.88. The number of halogens is 1. The van der Waals surface area contributed by atoms with E-state index < -0.39 is 0 Å². The minimum atomic E-state index is -0.128. The summed E-state index contributed by atoms with van der Waals surface area (Å²) in [5.41, 5.74) is 0.936. The van der Waals surface area contributed by atoms with Crippen molar-refractivity contribution >= 4 is 11.6 Å². The largest absolute Gasteiger partial charge is 0.370 e. The van der Waals surface area contributed by atoms with Gasteiger partial charge in [-0.25, -0.2) is 9.97 Å². The van der Waals surface area contributed by atoms with Crippen LogP contribution in [0.2, 0.25) is 5.15 Å². The number of nitrogens with zero attached hydrogens (tertiary/aromatic N) is 2. The zero-order valence-corrected chi connectivity index (χ0v) is 12.7. The lowest BCUT2D eigenvalue weighted by Crippen LogP contribution is -2.24. The zero-order chi connectivity index (χ0) is 13.8. The third-order valence-electron chi connectivity index (χ3n) is 2.63. The molecule has 0 aliphatic carbocycles. The highest BCUT2D eigenvalue weighted by molar-refractivity contribution is 6.29. The SMILES string of the molecule is CCCc1cc(Cl)nc(C(OCC)C(C)(C)C)n1. The lowest BCUT2D eigenvalue weighted by Gasteiger charge is -2.29. The third-order valence-corrected chi connectivity index (χ3v) is 2.82. The fourth-order valence-corrected chi connectivity index (χ4v) is 2.08. The maximum absolute atomic E-state index is 6.07. The molecule has 0 saturated carbocycles. The lowest BCUT2D eigenvalue weighted by atomic mass is 9.88. The monoisotopic (exact) mass is 270 g/mol. The minimum absolute atomic E-state index is 0.0514. The molecule has 1 unspecified atom stereocenters. The topological polar surface area (TPSA) is 35.0 Å². The summed E-state index contributed by atoms with van der Waals surface area (Å²) in [6.45, 7) is 11.1. The molecule has 0 aromatic carbocycles. The van der Waals surface area contributed by atoms with Gasteiger partial charge in [0.1, 0.15) is 11.3 Å². The highest BCUT2D eigenvalue weighted by atomic mass is 35.5. The van der Waals surface area contributed by atoms with Gasteiger partial charge < -0.3 is 4.74 Å². The summed E-state index contributed by atoms with van der Waals surface area (Å²) in [4.78, 5) is 8.92. The first kappa shape index (κ1) is 15.4. The molecule has 18 heavy (non-hydrogen) atoms. The van der Waals surface area contributed by atoms with Crippen molar-refractivity contribution in [3.05, 3.63) is 22.7 Å². The van der Waals surface area contributed by atoms with E-state index >= 15 is 0 Å². The van der Waals surface area contributed by atoms with E-state index in [2.05, 4.69) is 37.7 Å². The average molecular weight is 271 g/mol. The van der Waals surface area contributed by atoms with E-state index in [-0.39, 0.29) is 11.5 Å². The Morgan fingerprint density at radius 2 is 1.94 bits per heavy atom. The molecule has 4 heteroatoms. The zero-order valence-electron chi connectivity index (χ0n) is 12.0. The lowest BCUT2D eigenvalue weighted by molar-refractivity contribution is -0.0192. The van der Waals surface area contributed by atoms with Gasteiger partial charge in [-0.1, -0.05) is 45.7 Å². The van der Waals surface area contributed by atoms with Gasteiger partial charge in [0.15, 0.2) is 5.82 Å². The molecule has 1 rings (SSSR count). The van der Waals surface area contributed by atoms with Gasteiger partial charge in [-0.05, 0) is 24.8 Å². The molecule has 1 aromatic heterocycles. The van der Waals surface area contributed by atoms with Crippen LogP contribution in [0.25, 0.3) is 0 Å². The predicted octanol–water partition coefficient (Wildman–Crippen LogP) is 4.21. The first-order valence-electron chi connectivity index (χ1n) is 6.53. The Balaban J connectivity index is 3.11. The van der Waals surface area contributed by atoms with Gasteiger partial charge in [0.25, 0.3) is 0 Å². The number of ether oxygens (including phenoxy) is 1. The summed E-state index contributed by atoms with van der Waals surface area (Å²) in [7, 11) is 0. The van der Waals surface area contributed by atoms with Crippen molar-refractivity contribution in [3.8, 4) is 0 Å². The molecule has 102 valence electrons. The molecule has 0 radical (unpaired) electrons. The van der Waals surface area contributed by atoms with Crippen LogP contribution in [0, 0.1) is 5.41 Å². The van der Waals surface area contributed by atoms with Crippen molar-refractivity contribution in [1.82, 2.24) is 9.97 Å². The smallest absolute Gasteiger partial charge is 0.159 e. The van der Waals surface area contributed by atoms with Gasteiger partial charge in [0.05, 0.1) is 0 Å². The van der Waals surface area contributed by atoms with Crippen LogP contribution >= 0.6 is 11.6 Å². The van der Waals surface area contributed by atoms with E-state index in [9.17, 15) is 0 Å².